The Morgan fingerprint density at radius 1 is 1.22 bits per heavy atom. The van der Waals surface area contributed by atoms with E-state index in [1.165, 1.54) is 13.3 Å². The van der Waals surface area contributed by atoms with Crippen LogP contribution in [0.25, 0.3) is 0 Å². The van der Waals surface area contributed by atoms with Gasteiger partial charge in [0.15, 0.2) is 0 Å². The number of hydrogen-bond donors (Lipinski definition) is 0. The molecular weight excluding hydrogens is 316 g/mol. The van der Waals surface area contributed by atoms with Gasteiger partial charge in [0.1, 0.15) is 5.75 Å². The summed E-state index contributed by atoms with van der Waals surface area (Å²) in [5.74, 6) is 0.118. The first kappa shape index (κ1) is 14.5. The molecule has 3 aliphatic rings. The first-order chi connectivity index (χ1) is 11.1. The molecule has 1 aliphatic heterocycles. The SMILES string of the molecule is COc1ccc(C=NN2C(=O)C3C4C=CC(C4)C3C2=O)cc1Cl. The molecule has 118 valence electrons. The molecule has 0 aromatic heterocycles. The van der Waals surface area contributed by atoms with Gasteiger partial charge in [0.2, 0.25) is 0 Å². The van der Waals surface area contributed by atoms with Crippen LogP contribution in [0.3, 0.4) is 0 Å². The van der Waals surface area contributed by atoms with Gasteiger partial charge in [0, 0.05) is 0 Å². The van der Waals surface area contributed by atoms with Crippen molar-refractivity contribution in [3.8, 4) is 5.75 Å². The van der Waals surface area contributed by atoms with Gasteiger partial charge in [-0.2, -0.15) is 10.1 Å². The minimum Gasteiger partial charge on any atom is -0.495 e. The Morgan fingerprint density at radius 3 is 2.43 bits per heavy atom. The summed E-state index contributed by atoms with van der Waals surface area (Å²) in [6, 6.07) is 5.17. The van der Waals surface area contributed by atoms with E-state index in [0.717, 1.165) is 11.4 Å². The zero-order valence-corrected chi connectivity index (χ0v) is 13.2. The lowest BCUT2D eigenvalue weighted by Crippen LogP contribution is -2.28. The summed E-state index contributed by atoms with van der Waals surface area (Å²) >= 11 is 6.06. The predicted octanol–water partition coefficient (Wildman–Crippen LogP) is 2.49. The van der Waals surface area contributed by atoms with Gasteiger partial charge in [-0.25, -0.2) is 0 Å². The highest BCUT2D eigenvalue weighted by molar-refractivity contribution is 6.32. The maximum Gasteiger partial charge on any atom is 0.254 e. The second kappa shape index (κ2) is 5.20. The molecule has 23 heavy (non-hydrogen) atoms. The van der Waals surface area contributed by atoms with Gasteiger partial charge in [-0.15, -0.1) is 0 Å². The number of carbonyl (C=O) groups excluding carboxylic acids is 2. The van der Waals surface area contributed by atoms with Crippen LogP contribution in [0.1, 0.15) is 12.0 Å². The standard InChI is InChI=1S/C17H15ClN2O3/c1-23-13-5-2-9(6-12(13)18)8-19-20-16(21)14-10-3-4-11(7-10)15(14)17(20)22/h2-6,8,10-11,14-15H,7H2,1H3. The number of amides is 2. The highest BCUT2D eigenvalue weighted by atomic mass is 35.5. The fourth-order valence-electron chi connectivity index (χ4n) is 3.89. The summed E-state index contributed by atoms with van der Waals surface area (Å²) < 4.78 is 5.09. The van der Waals surface area contributed by atoms with Gasteiger partial charge >= 0.3 is 0 Å². The first-order valence-electron chi connectivity index (χ1n) is 7.54. The molecule has 6 heteroatoms. The fraction of sp³-hybridized carbons (Fsp3) is 0.353. The topological polar surface area (TPSA) is 59.0 Å². The average Bonchev–Trinajstić information content (AvgIpc) is 3.21. The van der Waals surface area contributed by atoms with E-state index in [-0.39, 0.29) is 35.5 Å². The molecule has 1 aromatic rings. The largest absolute Gasteiger partial charge is 0.495 e. The van der Waals surface area contributed by atoms with Crippen LogP contribution in [0.2, 0.25) is 5.02 Å². The number of halogens is 1. The summed E-state index contributed by atoms with van der Waals surface area (Å²) in [5.41, 5.74) is 0.703. The number of nitrogens with zero attached hydrogens (tertiary/aromatic N) is 2. The van der Waals surface area contributed by atoms with Crippen molar-refractivity contribution >= 4 is 29.6 Å². The third-order valence-corrected chi connectivity index (χ3v) is 5.24. The lowest BCUT2D eigenvalue weighted by molar-refractivity contribution is -0.140. The zero-order valence-electron chi connectivity index (χ0n) is 12.5. The van der Waals surface area contributed by atoms with E-state index < -0.39 is 0 Å². The monoisotopic (exact) mass is 330 g/mol. The number of ether oxygens (including phenoxy) is 1. The number of imide groups is 1. The molecule has 5 nitrogen and oxygen atoms in total. The quantitative estimate of drug-likeness (QED) is 0.486. The van der Waals surface area contributed by atoms with Crippen LogP contribution in [0.15, 0.2) is 35.5 Å². The van der Waals surface area contributed by atoms with Crippen molar-refractivity contribution in [3.63, 3.8) is 0 Å². The second-order valence-electron chi connectivity index (χ2n) is 6.13. The number of methoxy groups -OCH3 is 1. The Kier molecular flexibility index (Phi) is 3.27. The van der Waals surface area contributed by atoms with E-state index in [9.17, 15) is 9.59 Å². The van der Waals surface area contributed by atoms with Gasteiger partial charge in [-0.1, -0.05) is 23.8 Å². The summed E-state index contributed by atoms with van der Waals surface area (Å²) in [5, 5.41) is 5.59. The Hall–Kier alpha value is -2.14. The summed E-state index contributed by atoms with van der Waals surface area (Å²) in [4.78, 5) is 25.0. The Bertz CT molecular complexity index is 728. The molecule has 2 bridgehead atoms. The minimum absolute atomic E-state index is 0.187. The van der Waals surface area contributed by atoms with Crippen LogP contribution in [-0.4, -0.2) is 30.1 Å². The van der Waals surface area contributed by atoms with Crippen molar-refractivity contribution in [3.05, 3.63) is 40.9 Å². The third kappa shape index (κ3) is 2.10. The average molecular weight is 331 g/mol. The number of carbonyl (C=O) groups is 2. The van der Waals surface area contributed by atoms with Gasteiger partial charge in [0.05, 0.1) is 30.2 Å². The fourth-order valence-corrected chi connectivity index (χ4v) is 4.15. The smallest absolute Gasteiger partial charge is 0.254 e. The number of allylic oxidation sites excluding steroid dienone is 2. The van der Waals surface area contributed by atoms with Gasteiger partial charge in [0.25, 0.3) is 11.8 Å². The molecule has 4 rings (SSSR count). The molecule has 0 N–H and O–H groups in total. The third-order valence-electron chi connectivity index (χ3n) is 4.95. The molecule has 2 aliphatic carbocycles. The highest BCUT2D eigenvalue weighted by Gasteiger charge is 2.59. The van der Waals surface area contributed by atoms with E-state index in [1.807, 2.05) is 0 Å². The van der Waals surface area contributed by atoms with Gasteiger partial charge in [-0.3, -0.25) is 9.59 Å². The van der Waals surface area contributed by atoms with Crippen molar-refractivity contribution in [2.45, 2.75) is 6.42 Å². The van der Waals surface area contributed by atoms with Crippen molar-refractivity contribution in [1.29, 1.82) is 0 Å². The number of hydrogen-bond acceptors (Lipinski definition) is 4. The Morgan fingerprint density at radius 2 is 1.87 bits per heavy atom. The maximum absolute atomic E-state index is 12.5. The highest BCUT2D eigenvalue weighted by Crippen LogP contribution is 2.52. The molecule has 2 fully saturated rings. The molecule has 0 radical (unpaired) electrons. The molecule has 1 saturated heterocycles. The van der Waals surface area contributed by atoms with Crippen molar-refractivity contribution < 1.29 is 14.3 Å². The molecule has 1 saturated carbocycles. The Labute approximate surface area is 138 Å². The van der Waals surface area contributed by atoms with Crippen LogP contribution in [0.4, 0.5) is 0 Å². The number of rotatable bonds is 3. The first-order valence-corrected chi connectivity index (χ1v) is 7.91. The molecule has 4 unspecified atom stereocenters. The van der Waals surface area contributed by atoms with Gasteiger partial charge < -0.3 is 4.74 Å². The maximum atomic E-state index is 12.5. The molecule has 0 spiro atoms. The summed E-state index contributed by atoms with van der Waals surface area (Å²) in [6.07, 6.45) is 6.52. The van der Waals surface area contributed by atoms with Gasteiger partial charge in [-0.05, 0) is 42.0 Å². The van der Waals surface area contributed by atoms with Crippen LogP contribution < -0.4 is 4.74 Å². The number of benzene rings is 1. The van der Waals surface area contributed by atoms with Crippen molar-refractivity contribution in [2.24, 2.45) is 28.8 Å². The number of fused-ring (bicyclic) bond motifs is 5. The van der Waals surface area contributed by atoms with Crippen LogP contribution in [-0.2, 0) is 9.59 Å². The minimum atomic E-state index is -0.228. The van der Waals surface area contributed by atoms with Crippen LogP contribution in [0.5, 0.6) is 5.75 Å². The second-order valence-corrected chi connectivity index (χ2v) is 6.53. The lowest BCUT2D eigenvalue weighted by atomic mass is 9.85. The number of hydrazone groups is 1. The van der Waals surface area contributed by atoms with E-state index in [2.05, 4.69) is 17.3 Å². The summed E-state index contributed by atoms with van der Waals surface area (Å²) in [7, 11) is 1.54. The van der Waals surface area contributed by atoms with Crippen LogP contribution in [0, 0.1) is 23.7 Å². The van der Waals surface area contributed by atoms with E-state index in [0.29, 0.717) is 16.3 Å². The van der Waals surface area contributed by atoms with Crippen molar-refractivity contribution in [1.82, 2.24) is 5.01 Å². The van der Waals surface area contributed by atoms with Crippen molar-refractivity contribution in [2.75, 3.05) is 7.11 Å². The molecule has 4 atom stereocenters. The predicted molar refractivity (Wildman–Crippen MR) is 85.2 cm³/mol. The zero-order chi connectivity index (χ0) is 16.1. The lowest BCUT2D eigenvalue weighted by Gasteiger charge is -2.13. The van der Waals surface area contributed by atoms with E-state index in [4.69, 9.17) is 16.3 Å². The molecular formula is C17H15ClN2O3. The molecule has 1 heterocycles. The van der Waals surface area contributed by atoms with E-state index in [1.54, 1.807) is 18.2 Å². The van der Waals surface area contributed by atoms with Crippen LogP contribution >= 0.6 is 11.6 Å². The molecule has 2 amide bonds. The van der Waals surface area contributed by atoms with E-state index >= 15 is 0 Å². The molecule has 1 aromatic carbocycles. The Balaban J connectivity index is 1.57. The summed E-state index contributed by atoms with van der Waals surface area (Å²) in [6.45, 7) is 0. The normalized spacial score (nSPS) is 31.5.